The Morgan fingerprint density at radius 1 is 1.15 bits per heavy atom. The van der Waals surface area contributed by atoms with E-state index in [4.69, 9.17) is 9.05 Å². The summed E-state index contributed by atoms with van der Waals surface area (Å²) >= 11 is 0. The smallest absolute Gasteiger partial charge is 0.316 e. The van der Waals surface area contributed by atoms with E-state index in [2.05, 4.69) is 11.1 Å². The number of rotatable bonds is 6. The zero-order valence-electron chi connectivity index (χ0n) is 14.9. The Labute approximate surface area is 154 Å². The standard InChI is InChI=1S/C18H18N3O5P/c1-3-25-27(24,26-4-2)11-21-16-14-8-6-5-7-13(14)12(10-19)9-15(16)20-17(22)18(21)23/h5-9H,3-4,11H2,1-2H3,(H,20,22). The van der Waals surface area contributed by atoms with E-state index in [9.17, 15) is 19.4 Å². The van der Waals surface area contributed by atoms with Gasteiger partial charge in [-0.15, -0.1) is 0 Å². The molecule has 0 aliphatic carbocycles. The largest absolute Gasteiger partial charge is 0.350 e. The van der Waals surface area contributed by atoms with Gasteiger partial charge in [0.15, 0.2) is 0 Å². The van der Waals surface area contributed by atoms with E-state index in [-0.39, 0.29) is 13.2 Å². The van der Waals surface area contributed by atoms with Gasteiger partial charge in [-0.25, -0.2) is 0 Å². The molecule has 2 aromatic carbocycles. The van der Waals surface area contributed by atoms with Crippen LogP contribution in [0.5, 0.6) is 0 Å². The molecule has 0 saturated heterocycles. The fourth-order valence-corrected chi connectivity index (χ4v) is 4.70. The van der Waals surface area contributed by atoms with Crippen molar-refractivity contribution < 1.29 is 13.6 Å². The van der Waals surface area contributed by atoms with Crippen molar-refractivity contribution in [1.82, 2.24) is 9.55 Å². The third kappa shape index (κ3) is 3.45. The van der Waals surface area contributed by atoms with Crippen molar-refractivity contribution in [1.29, 1.82) is 5.26 Å². The Morgan fingerprint density at radius 2 is 1.78 bits per heavy atom. The van der Waals surface area contributed by atoms with Gasteiger partial charge in [-0.2, -0.15) is 5.26 Å². The second-order valence-electron chi connectivity index (χ2n) is 5.75. The zero-order valence-corrected chi connectivity index (χ0v) is 15.8. The number of nitrogens with zero attached hydrogens (tertiary/aromatic N) is 2. The normalized spacial score (nSPS) is 11.7. The Morgan fingerprint density at radius 3 is 2.37 bits per heavy atom. The van der Waals surface area contributed by atoms with Gasteiger partial charge < -0.3 is 14.0 Å². The third-order valence-corrected chi connectivity index (χ3v) is 5.99. The average molecular weight is 387 g/mol. The molecule has 0 bridgehead atoms. The SMILES string of the molecule is CCOP(=O)(Cn1c(=O)c(=O)[nH]c2cc(C#N)c3ccccc3c21)OCC. The maximum Gasteiger partial charge on any atom is 0.350 e. The lowest BCUT2D eigenvalue weighted by molar-refractivity contribution is 0.214. The predicted octanol–water partition coefficient (Wildman–Crippen LogP) is 2.94. The van der Waals surface area contributed by atoms with Crippen molar-refractivity contribution in [2.24, 2.45) is 0 Å². The van der Waals surface area contributed by atoms with E-state index in [1.165, 1.54) is 6.07 Å². The lowest BCUT2D eigenvalue weighted by Gasteiger charge is -2.20. The van der Waals surface area contributed by atoms with Crippen molar-refractivity contribution >= 4 is 29.4 Å². The summed E-state index contributed by atoms with van der Waals surface area (Å²) in [5.74, 6) is 0. The van der Waals surface area contributed by atoms with Crippen LogP contribution in [0.1, 0.15) is 19.4 Å². The van der Waals surface area contributed by atoms with E-state index in [0.29, 0.717) is 27.4 Å². The summed E-state index contributed by atoms with van der Waals surface area (Å²) < 4.78 is 24.7. The summed E-state index contributed by atoms with van der Waals surface area (Å²) in [5.41, 5.74) is -0.710. The predicted molar refractivity (Wildman–Crippen MR) is 102 cm³/mol. The molecule has 1 N–H and O–H groups in total. The van der Waals surface area contributed by atoms with Crippen LogP contribution >= 0.6 is 7.60 Å². The lowest BCUT2D eigenvalue weighted by Crippen LogP contribution is -2.36. The van der Waals surface area contributed by atoms with Gasteiger partial charge in [0, 0.05) is 10.8 Å². The molecule has 0 atom stereocenters. The van der Waals surface area contributed by atoms with Crippen LogP contribution in [-0.4, -0.2) is 22.8 Å². The van der Waals surface area contributed by atoms with Gasteiger partial charge in [0.25, 0.3) is 0 Å². The number of hydrogen-bond acceptors (Lipinski definition) is 6. The fourth-order valence-electron chi connectivity index (χ4n) is 3.06. The molecule has 0 spiro atoms. The first-order chi connectivity index (χ1) is 12.9. The number of fused-ring (bicyclic) bond motifs is 3. The van der Waals surface area contributed by atoms with Crippen molar-refractivity contribution in [3.8, 4) is 6.07 Å². The first kappa shape index (κ1) is 19.1. The summed E-state index contributed by atoms with van der Waals surface area (Å²) in [5, 5.41) is 10.6. The number of aromatic nitrogens is 2. The molecule has 0 saturated carbocycles. The second-order valence-corrected chi connectivity index (χ2v) is 7.77. The Balaban J connectivity index is 2.42. The summed E-state index contributed by atoms with van der Waals surface area (Å²) in [6.07, 6.45) is -0.399. The highest BCUT2D eigenvalue weighted by atomic mass is 31.2. The van der Waals surface area contributed by atoms with Gasteiger partial charge in [0.1, 0.15) is 6.29 Å². The molecular weight excluding hydrogens is 369 g/mol. The molecule has 1 heterocycles. The first-order valence-corrected chi connectivity index (χ1v) is 10.1. The number of benzene rings is 2. The summed E-state index contributed by atoms with van der Waals surface area (Å²) in [7, 11) is -3.64. The molecule has 0 unspecified atom stereocenters. The van der Waals surface area contributed by atoms with Crippen LogP contribution in [0.25, 0.3) is 21.8 Å². The number of hydrogen-bond donors (Lipinski definition) is 1. The molecule has 3 aromatic rings. The molecule has 0 aliphatic rings. The third-order valence-electron chi connectivity index (χ3n) is 4.06. The van der Waals surface area contributed by atoms with E-state index >= 15 is 0 Å². The molecule has 0 amide bonds. The lowest BCUT2D eigenvalue weighted by atomic mass is 10.0. The Hall–Kier alpha value is -2.72. The number of nitriles is 1. The fraction of sp³-hybridized carbons (Fsp3) is 0.278. The first-order valence-electron chi connectivity index (χ1n) is 8.41. The topological polar surface area (TPSA) is 114 Å². The number of nitrogens with one attached hydrogen (secondary N) is 1. The Bertz CT molecular complexity index is 1210. The second kappa shape index (κ2) is 7.49. The van der Waals surface area contributed by atoms with Crippen LogP contribution in [0.2, 0.25) is 0 Å². The van der Waals surface area contributed by atoms with Gasteiger partial charge in [0.05, 0.1) is 35.9 Å². The minimum Gasteiger partial charge on any atom is -0.316 e. The van der Waals surface area contributed by atoms with Crippen LogP contribution in [-0.2, 0) is 19.9 Å². The van der Waals surface area contributed by atoms with E-state index in [1.807, 2.05) is 0 Å². The van der Waals surface area contributed by atoms with Crippen molar-refractivity contribution in [3.05, 3.63) is 56.6 Å². The van der Waals surface area contributed by atoms with Gasteiger partial charge in [0.2, 0.25) is 0 Å². The van der Waals surface area contributed by atoms with Crippen molar-refractivity contribution in [2.75, 3.05) is 13.2 Å². The van der Waals surface area contributed by atoms with Gasteiger partial charge in [-0.3, -0.25) is 18.7 Å². The van der Waals surface area contributed by atoms with Crippen LogP contribution in [0.3, 0.4) is 0 Å². The van der Waals surface area contributed by atoms with Crippen molar-refractivity contribution in [2.45, 2.75) is 20.1 Å². The zero-order chi connectivity index (χ0) is 19.6. The molecule has 27 heavy (non-hydrogen) atoms. The number of H-pyrrole nitrogens is 1. The molecule has 3 rings (SSSR count). The highest BCUT2D eigenvalue weighted by Gasteiger charge is 2.27. The maximum atomic E-state index is 13.0. The van der Waals surface area contributed by atoms with E-state index in [1.54, 1.807) is 38.1 Å². The molecule has 0 radical (unpaired) electrons. The van der Waals surface area contributed by atoms with Crippen LogP contribution in [0.15, 0.2) is 39.9 Å². The maximum absolute atomic E-state index is 13.0. The highest BCUT2D eigenvalue weighted by molar-refractivity contribution is 7.52. The molecule has 0 aliphatic heterocycles. The number of aromatic amines is 1. The van der Waals surface area contributed by atoms with Crippen molar-refractivity contribution in [3.63, 3.8) is 0 Å². The molecule has 1 aromatic heterocycles. The van der Waals surface area contributed by atoms with Gasteiger partial charge in [-0.1, -0.05) is 24.3 Å². The highest BCUT2D eigenvalue weighted by Crippen LogP contribution is 2.49. The molecule has 140 valence electrons. The van der Waals surface area contributed by atoms with Crippen LogP contribution in [0, 0.1) is 11.3 Å². The van der Waals surface area contributed by atoms with E-state index < -0.39 is 25.0 Å². The minimum absolute atomic E-state index is 0.131. The monoisotopic (exact) mass is 387 g/mol. The van der Waals surface area contributed by atoms with Gasteiger partial charge in [-0.05, 0) is 19.9 Å². The molecule has 8 nitrogen and oxygen atoms in total. The average Bonchev–Trinajstić information content (AvgIpc) is 2.65. The summed E-state index contributed by atoms with van der Waals surface area (Å²) in [4.78, 5) is 27.2. The minimum atomic E-state index is -3.64. The quantitative estimate of drug-likeness (QED) is 0.395. The van der Waals surface area contributed by atoms with Crippen LogP contribution in [0.4, 0.5) is 0 Å². The van der Waals surface area contributed by atoms with Crippen LogP contribution < -0.4 is 11.1 Å². The molecular formula is C18H18N3O5P. The summed E-state index contributed by atoms with van der Waals surface area (Å²) in [6.45, 7) is 3.59. The molecule has 0 fully saturated rings. The molecule has 9 heteroatoms. The Kier molecular flexibility index (Phi) is 5.29. The summed E-state index contributed by atoms with van der Waals surface area (Å²) in [6, 6.07) is 10.6. The van der Waals surface area contributed by atoms with Gasteiger partial charge >= 0.3 is 18.7 Å². The van der Waals surface area contributed by atoms with E-state index in [0.717, 1.165) is 4.57 Å².